The molecule has 1 aliphatic heterocycles. The van der Waals surface area contributed by atoms with Crippen molar-refractivity contribution in [2.45, 2.75) is 70.5 Å². The lowest BCUT2D eigenvalue weighted by Gasteiger charge is -2.54. The van der Waals surface area contributed by atoms with Crippen LogP contribution in [0.5, 0.6) is 0 Å². The first-order valence-corrected chi connectivity index (χ1v) is 11.8. The van der Waals surface area contributed by atoms with Crippen molar-refractivity contribution < 1.29 is 31.1 Å². The number of benzene rings is 1. The van der Waals surface area contributed by atoms with Gasteiger partial charge in [0.1, 0.15) is 0 Å². The lowest BCUT2D eigenvalue weighted by Crippen LogP contribution is -2.60. The number of alkyl halides is 6. The fourth-order valence-corrected chi connectivity index (χ4v) is 5.26. The second-order valence-electron chi connectivity index (χ2n) is 9.99. The molecule has 1 aromatic heterocycles. The summed E-state index contributed by atoms with van der Waals surface area (Å²) < 4.78 is 78.9. The number of rotatable bonds is 6. The first kappa shape index (κ1) is 26.4. The second-order valence-corrected chi connectivity index (χ2v) is 9.99. The topological polar surface area (TPSA) is 75.9 Å². The van der Waals surface area contributed by atoms with E-state index in [-0.39, 0.29) is 35.5 Å². The molecule has 0 atom stereocenters. The predicted octanol–water partition coefficient (Wildman–Crippen LogP) is 4.47. The Morgan fingerprint density at radius 1 is 1.03 bits per heavy atom. The zero-order valence-electron chi connectivity index (χ0n) is 19.9. The third kappa shape index (κ3) is 5.35. The van der Waals surface area contributed by atoms with E-state index >= 15 is 0 Å². The highest BCUT2D eigenvalue weighted by molar-refractivity contribution is 5.84. The number of amides is 1. The van der Waals surface area contributed by atoms with Crippen molar-refractivity contribution in [3.8, 4) is 0 Å². The van der Waals surface area contributed by atoms with E-state index in [2.05, 4.69) is 25.6 Å². The normalized spacial score (nSPS) is 24.1. The van der Waals surface area contributed by atoms with Crippen molar-refractivity contribution in [1.29, 1.82) is 0 Å². The summed E-state index contributed by atoms with van der Waals surface area (Å²) in [5.74, 6) is -0.390. The van der Waals surface area contributed by atoms with Gasteiger partial charge in [-0.1, -0.05) is 13.8 Å². The standard InChI is InChI=1S/C23H28F6N6O/c1-14(2)21(10-19(11-21)34-5-3-18(4-6-34)35-32-13-31-33-35)20(36)30-12-15-7-16(22(24,25)26)9-17(8-15)23(27,28)29/h7-9,13-14,18-19H,3-6,10-12H2,1-2H3,(H,30,36). The summed E-state index contributed by atoms with van der Waals surface area (Å²) in [6.07, 6.45) is -5.60. The summed E-state index contributed by atoms with van der Waals surface area (Å²) in [5, 5.41) is 14.4. The molecule has 0 radical (unpaired) electrons. The smallest absolute Gasteiger partial charge is 0.352 e. The Morgan fingerprint density at radius 3 is 2.08 bits per heavy atom. The van der Waals surface area contributed by atoms with Crippen LogP contribution in [0, 0.1) is 11.3 Å². The molecule has 1 saturated heterocycles. The molecule has 4 rings (SSSR count). The van der Waals surface area contributed by atoms with E-state index in [4.69, 9.17) is 0 Å². The van der Waals surface area contributed by atoms with Crippen molar-refractivity contribution in [1.82, 2.24) is 30.4 Å². The highest BCUT2D eigenvalue weighted by Gasteiger charge is 2.53. The maximum absolute atomic E-state index is 13.2. The van der Waals surface area contributed by atoms with Gasteiger partial charge >= 0.3 is 12.4 Å². The zero-order valence-corrected chi connectivity index (χ0v) is 19.9. The van der Waals surface area contributed by atoms with Gasteiger partial charge in [0.2, 0.25) is 5.91 Å². The Hall–Kier alpha value is -2.70. The first-order valence-electron chi connectivity index (χ1n) is 11.8. The highest BCUT2D eigenvalue weighted by Crippen LogP contribution is 2.50. The summed E-state index contributed by atoms with van der Waals surface area (Å²) in [5.41, 5.74) is -3.76. The van der Waals surface area contributed by atoms with Gasteiger partial charge in [-0.05, 0) is 60.6 Å². The molecule has 7 nitrogen and oxygen atoms in total. The van der Waals surface area contributed by atoms with Crippen LogP contribution in [0.25, 0.3) is 0 Å². The van der Waals surface area contributed by atoms with Gasteiger partial charge in [0.25, 0.3) is 0 Å². The van der Waals surface area contributed by atoms with Gasteiger partial charge in [-0.2, -0.15) is 31.1 Å². The Labute approximate surface area is 204 Å². The minimum Gasteiger partial charge on any atom is -0.352 e. The van der Waals surface area contributed by atoms with Crippen LogP contribution in [0.1, 0.15) is 62.3 Å². The van der Waals surface area contributed by atoms with Crippen LogP contribution in [-0.2, 0) is 23.7 Å². The number of nitrogens with zero attached hydrogens (tertiary/aromatic N) is 5. The number of likely N-dealkylation sites (tertiary alicyclic amines) is 1. The molecule has 198 valence electrons. The van der Waals surface area contributed by atoms with E-state index in [0.717, 1.165) is 25.9 Å². The van der Waals surface area contributed by atoms with Gasteiger partial charge in [-0.15, -0.1) is 10.2 Å². The molecule has 1 aromatic carbocycles. The minimum absolute atomic E-state index is 0.0436. The van der Waals surface area contributed by atoms with Gasteiger partial charge < -0.3 is 10.2 Å². The molecule has 1 saturated carbocycles. The number of nitrogens with one attached hydrogen (secondary N) is 1. The molecule has 0 unspecified atom stereocenters. The second kappa shape index (κ2) is 9.64. The van der Waals surface area contributed by atoms with Crippen LogP contribution in [0.4, 0.5) is 26.3 Å². The molecule has 0 bridgehead atoms. The number of tetrazole rings is 1. The number of hydrogen-bond donors (Lipinski definition) is 1. The van der Waals surface area contributed by atoms with Crippen LogP contribution in [0.15, 0.2) is 24.5 Å². The Bertz CT molecular complexity index is 1020. The van der Waals surface area contributed by atoms with Gasteiger partial charge in [-0.3, -0.25) is 4.79 Å². The third-order valence-electron chi connectivity index (χ3n) is 7.56. The summed E-state index contributed by atoms with van der Waals surface area (Å²) in [7, 11) is 0. The average molecular weight is 519 g/mol. The molecule has 1 aliphatic carbocycles. The Balaban J connectivity index is 1.39. The van der Waals surface area contributed by atoms with Crippen LogP contribution in [0.2, 0.25) is 0 Å². The number of aromatic nitrogens is 4. The maximum atomic E-state index is 13.2. The lowest BCUT2D eigenvalue weighted by atomic mass is 9.58. The summed E-state index contributed by atoms with van der Waals surface area (Å²) in [4.78, 5) is 17.1. The van der Waals surface area contributed by atoms with Crippen molar-refractivity contribution in [2.24, 2.45) is 11.3 Å². The number of carbonyl (C=O) groups excluding carboxylic acids is 1. The quantitative estimate of drug-likeness (QED) is 0.572. The largest absolute Gasteiger partial charge is 0.416 e. The molecule has 1 N–H and O–H groups in total. The minimum atomic E-state index is -4.93. The summed E-state index contributed by atoms with van der Waals surface area (Å²) in [6, 6.07) is 1.74. The third-order valence-corrected chi connectivity index (χ3v) is 7.56. The maximum Gasteiger partial charge on any atom is 0.416 e. The molecule has 2 fully saturated rings. The predicted molar refractivity (Wildman–Crippen MR) is 116 cm³/mol. The average Bonchev–Trinajstić information content (AvgIpc) is 3.31. The lowest BCUT2D eigenvalue weighted by molar-refractivity contribution is -0.147. The number of hydrogen-bond acceptors (Lipinski definition) is 5. The molecular formula is C23H28F6N6O. The van der Waals surface area contributed by atoms with Gasteiger partial charge in [0.15, 0.2) is 6.33 Å². The summed E-state index contributed by atoms with van der Waals surface area (Å²) >= 11 is 0. The first-order chi connectivity index (χ1) is 16.8. The van der Waals surface area contributed by atoms with Crippen molar-refractivity contribution >= 4 is 5.91 Å². The van der Waals surface area contributed by atoms with Crippen molar-refractivity contribution in [3.05, 3.63) is 41.2 Å². The zero-order chi connectivity index (χ0) is 26.3. The van der Waals surface area contributed by atoms with Crippen LogP contribution < -0.4 is 5.32 Å². The van der Waals surface area contributed by atoms with E-state index in [1.165, 1.54) is 6.33 Å². The molecule has 36 heavy (non-hydrogen) atoms. The molecule has 0 spiro atoms. The van der Waals surface area contributed by atoms with Gasteiger partial charge in [0.05, 0.1) is 22.6 Å². The van der Waals surface area contributed by atoms with E-state index in [1.807, 2.05) is 13.8 Å². The van der Waals surface area contributed by atoms with E-state index in [1.54, 1.807) is 4.80 Å². The molecule has 2 aliphatic rings. The molecule has 2 aromatic rings. The van der Waals surface area contributed by atoms with Crippen molar-refractivity contribution in [3.63, 3.8) is 0 Å². The Morgan fingerprint density at radius 2 is 1.61 bits per heavy atom. The van der Waals surface area contributed by atoms with E-state index < -0.39 is 35.4 Å². The highest BCUT2D eigenvalue weighted by atomic mass is 19.4. The SMILES string of the molecule is CC(C)C1(C(=O)NCc2cc(C(F)(F)F)cc(C(F)(F)F)c2)CC(N2CCC(n3ncnn3)CC2)C1. The van der Waals surface area contributed by atoms with Crippen LogP contribution >= 0.6 is 0 Å². The van der Waals surface area contributed by atoms with E-state index in [0.29, 0.717) is 25.0 Å². The monoisotopic (exact) mass is 518 g/mol. The van der Waals surface area contributed by atoms with Crippen molar-refractivity contribution in [2.75, 3.05) is 13.1 Å². The fraction of sp³-hybridized carbons (Fsp3) is 0.652. The molecule has 1 amide bonds. The Kier molecular flexibility index (Phi) is 7.06. The molecule has 13 heteroatoms. The number of carbonyl (C=O) groups is 1. The molecular weight excluding hydrogens is 490 g/mol. The summed E-state index contributed by atoms with van der Waals surface area (Å²) in [6.45, 7) is 5.03. The van der Waals surface area contributed by atoms with Gasteiger partial charge in [0, 0.05) is 25.7 Å². The van der Waals surface area contributed by atoms with Crippen LogP contribution in [0.3, 0.4) is 0 Å². The fourth-order valence-electron chi connectivity index (χ4n) is 5.26. The van der Waals surface area contributed by atoms with E-state index in [9.17, 15) is 31.1 Å². The van der Waals surface area contributed by atoms with Crippen LogP contribution in [-0.4, -0.2) is 50.1 Å². The number of halogens is 6. The molecule has 2 heterocycles. The number of piperidine rings is 1. The van der Waals surface area contributed by atoms with Gasteiger partial charge in [-0.25, -0.2) is 0 Å².